The summed E-state index contributed by atoms with van der Waals surface area (Å²) >= 11 is 0. The highest BCUT2D eigenvalue weighted by Crippen LogP contribution is 2.05. The number of hydrogen-bond donors (Lipinski definition) is 2. The maximum atomic E-state index is 11.1. The van der Waals surface area contributed by atoms with Crippen LogP contribution in [-0.4, -0.2) is 25.5 Å². The molecule has 1 aliphatic rings. The normalized spacial score (nSPS) is 27.8. The van der Waals surface area contributed by atoms with Crippen LogP contribution in [0.15, 0.2) is 0 Å². The molecule has 1 heterocycles. The number of carbonyl (C=O) groups excluding carboxylic acids is 1. The summed E-state index contributed by atoms with van der Waals surface area (Å²) in [6.45, 7) is 4.95. The van der Waals surface area contributed by atoms with Crippen LogP contribution in [0.5, 0.6) is 0 Å². The molecule has 2 N–H and O–H groups in total. The van der Waals surface area contributed by atoms with Gasteiger partial charge in [-0.25, -0.2) is 0 Å². The highest BCUT2D eigenvalue weighted by atomic mass is 16.1. The Morgan fingerprint density at radius 1 is 1.25 bits per heavy atom. The summed E-state index contributed by atoms with van der Waals surface area (Å²) in [5, 5.41) is 6.16. The van der Waals surface area contributed by atoms with Gasteiger partial charge < -0.3 is 10.6 Å². The second-order valence-electron chi connectivity index (χ2n) is 3.53. The van der Waals surface area contributed by atoms with Gasteiger partial charge in [-0.05, 0) is 25.3 Å². The lowest BCUT2D eigenvalue weighted by molar-refractivity contribution is -0.121. The van der Waals surface area contributed by atoms with Crippen LogP contribution in [0.2, 0.25) is 0 Å². The lowest BCUT2D eigenvalue weighted by Crippen LogP contribution is -2.31. The van der Waals surface area contributed by atoms with Crippen LogP contribution in [0.25, 0.3) is 0 Å². The smallest absolute Gasteiger partial charge is 0.221 e. The molecule has 1 aliphatic heterocycles. The van der Waals surface area contributed by atoms with Crippen LogP contribution in [0.3, 0.4) is 0 Å². The minimum atomic E-state index is 0.177. The fourth-order valence-corrected chi connectivity index (χ4v) is 1.37. The Bertz CT molecular complexity index is 147. The van der Waals surface area contributed by atoms with Crippen molar-refractivity contribution in [2.45, 2.75) is 26.2 Å². The van der Waals surface area contributed by atoms with Crippen LogP contribution >= 0.6 is 0 Å². The van der Waals surface area contributed by atoms with Gasteiger partial charge in [0, 0.05) is 19.5 Å². The average molecular weight is 170 g/mol. The molecule has 1 amide bonds. The van der Waals surface area contributed by atoms with Gasteiger partial charge in [-0.3, -0.25) is 4.79 Å². The third-order valence-corrected chi connectivity index (χ3v) is 2.30. The predicted octanol–water partition coefficient (Wildman–Crippen LogP) is 0.512. The predicted molar refractivity (Wildman–Crippen MR) is 48.9 cm³/mol. The Labute approximate surface area is 73.9 Å². The molecule has 1 unspecified atom stereocenters. The largest absolute Gasteiger partial charge is 0.356 e. The van der Waals surface area contributed by atoms with E-state index in [0.717, 1.165) is 32.0 Å². The molecule has 0 aromatic carbocycles. The van der Waals surface area contributed by atoms with Crippen molar-refractivity contribution in [2.75, 3.05) is 19.6 Å². The molecule has 1 rings (SSSR count). The first kappa shape index (κ1) is 9.52. The number of carbonyl (C=O) groups is 1. The summed E-state index contributed by atoms with van der Waals surface area (Å²) in [4.78, 5) is 11.1. The van der Waals surface area contributed by atoms with E-state index >= 15 is 0 Å². The highest BCUT2D eigenvalue weighted by Gasteiger charge is 2.06. The van der Waals surface area contributed by atoms with Crippen molar-refractivity contribution in [3.8, 4) is 0 Å². The van der Waals surface area contributed by atoms with Gasteiger partial charge >= 0.3 is 0 Å². The summed E-state index contributed by atoms with van der Waals surface area (Å²) < 4.78 is 0. The Morgan fingerprint density at radius 3 is 2.83 bits per heavy atom. The first-order valence-corrected chi connectivity index (χ1v) is 4.76. The molecular formula is C9H18N2O. The fourth-order valence-electron chi connectivity index (χ4n) is 1.37. The standard InChI is InChI=1S/C9H18N2O/c1-8-2-5-10-6-4-9(12)11-7-3-8/h8,10H,2-7H2,1H3,(H,11,12). The number of nitrogens with one attached hydrogen (secondary N) is 2. The molecular weight excluding hydrogens is 152 g/mol. The van der Waals surface area contributed by atoms with Crippen molar-refractivity contribution in [3.05, 3.63) is 0 Å². The van der Waals surface area contributed by atoms with E-state index in [-0.39, 0.29) is 5.91 Å². The van der Waals surface area contributed by atoms with Gasteiger partial charge in [0.2, 0.25) is 5.91 Å². The SMILES string of the molecule is CC1CCNCCC(=O)NCC1. The number of hydrogen-bond acceptors (Lipinski definition) is 2. The van der Waals surface area contributed by atoms with Crippen LogP contribution in [0.4, 0.5) is 0 Å². The van der Waals surface area contributed by atoms with E-state index in [0.29, 0.717) is 6.42 Å². The summed E-state index contributed by atoms with van der Waals surface area (Å²) in [7, 11) is 0. The van der Waals surface area contributed by atoms with E-state index in [1.807, 2.05) is 0 Å². The summed E-state index contributed by atoms with van der Waals surface area (Å²) in [5.74, 6) is 0.896. The average Bonchev–Trinajstić information content (AvgIpc) is 2.04. The molecule has 3 heteroatoms. The first-order chi connectivity index (χ1) is 5.79. The van der Waals surface area contributed by atoms with Crippen LogP contribution in [-0.2, 0) is 4.79 Å². The third-order valence-electron chi connectivity index (χ3n) is 2.30. The van der Waals surface area contributed by atoms with Gasteiger partial charge in [0.05, 0.1) is 0 Å². The van der Waals surface area contributed by atoms with E-state index in [1.165, 1.54) is 6.42 Å². The minimum Gasteiger partial charge on any atom is -0.356 e. The second kappa shape index (κ2) is 5.14. The van der Waals surface area contributed by atoms with Crippen LogP contribution < -0.4 is 10.6 Å². The lowest BCUT2D eigenvalue weighted by Gasteiger charge is -2.15. The molecule has 12 heavy (non-hydrogen) atoms. The van der Waals surface area contributed by atoms with Crippen molar-refractivity contribution in [2.24, 2.45) is 5.92 Å². The molecule has 0 aromatic heterocycles. The maximum absolute atomic E-state index is 11.1. The molecule has 0 saturated carbocycles. The Hall–Kier alpha value is -0.570. The van der Waals surface area contributed by atoms with Gasteiger partial charge in [-0.2, -0.15) is 0 Å². The topological polar surface area (TPSA) is 41.1 Å². The first-order valence-electron chi connectivity index (χ1n) is 4.76. The van der Waals surface area contributed by atoms with Gasteiger partial charge in [0.1, 0.15) is 0 Å². The molecule has 0 aliphatic carbocycles. The molecule has 3 nitrogen and oxygen atoms in total. The summed E-state index contributed by atoms with van der Waals surface area (Å²) in [6, 6.07) is 0. The molecule has 1 atom stereocenters. The molecule has 0 spiro atoms. The minimum absolute atomic E-state index is 0.177. The quantitative estimate of drug-likeness (QED) is 0.556. The van der Waals surface area contributed by atoms with E-state index < -0.39 is 0 Å². The Morgan fingerprint density at radius 2 is 2.00 bits per heavy atom. The number of amides is 1. The zero-order chi connectivity index (χ0) is 8.81. The zero-order valence-electron chi connectivity index (χ0n) is 7.73. The number of rotatable bonds is 0. The van der Waals surface area contributed by atoms with Crippen LogP contribution in [0, 0.1) is 5.92 Å². The molecule has 1 fully saturated rings. The van der Waals surface area contributed by atoms with Crippen molar-refractivity contribution >= 4 is 5.91 Å². The third kappa shape index (κ3) is 3.72. The molecule has 0 radical (unpaired) electrons. The van der Waals surface area contributed by atoms with Gasteiger partial charge in [-0.15, -0.1) is 0 Å². The second-order valence-corrected chi connectivity index (χ2v) is 3.53. The van der Waals surface area contributed by atoms with Crippen LogP contribution in [0.1, 0.15) is 26.2 Å². The maximum Gasteiger partial charge on any atom is 0.221 e. The van der Waals surface area contributed by atoms with Gasteiger partial charge in [0.15, 0.2) is 0 Å². The monoisotopic (exact) mass is 170 g/mol. The van der Waals surface area contributed by atoms with Crippen molar-refractivity contribution in [3.63, 3.8) is 0 Å². The van der Waals surface area contributed by atoms with E-state index in [2.05, 4.69) is 17.6 Å². The summed E-state index contributed by atoms with van der Waals surface area (Å²) in [5.41, 5.74) is 0. The molecule has 0 aromatic rings. The lowest BCUT2D eigenvalue weighted by atomic mass is 10.0. The van der Waals surface area contributed by atoms with Crippen molar-refractivity contribution in [1.29, 1.82) is 0 Å². The van der Waals surface area contributed by atoms with E-state index in [9.17, 15) is 4.79 Å². The zero-order valence-corrected chi connectivity index (χ0v) is 7.73. The van der Waals surface area contributed by atoms with E-state index in [1.54, 1.807) is 0 Å². The molecule has 1 saturated heterocycles. The fraction of sp³-hybridized carbons (Fsp3) is 0.889. The van der Waals surface area contributed by atoms with Crippen molar-refractivity contribution < 1.29 is 4.79 Å². The Kier molecular flexibility index (Phi) is 4.08. The van der Waals surface area contributed by atoms with E-state index in [4.69, 9.17) is 0 Å². The van der Waals surface area contributed by atoms with Gasteiger partial charge in [-0.1, -0.05) is 6.92 Å². The highest BCUT2D eigenvalue weighted by molar-refractivity contribution is 5.75. The van der Waals surface area contributed by atoms with Crippen molar-refractivity contribution in [1.82, 2.24) is 10.6 Å². The van der Waals surface area contributed by atoms with Gasteiger partial charge in [0.25, 0.3) is 0 Å². The summed E-state index contributed by atoms with van der Waals surface area (Å²) in [6.07, 6.45) is 2.94. The Balaban J connectivity index is 2.26. The molecule has 70 valence electrons. The molecule has 0 bridgehead atoms.